The van der Waals surface area contributed by atoms with E-state index in [2.05, 4.69) is 4.74 Å². The Kier molecular flexibility index (Phi) is 3.64. The summed E-state index contributed by atoms with van der Waals surface area (Å²) in [6.07, 6.45) is -0.145. The number of ether oxygens (including phenoxy) is 1. The fourth-order valence-corrected chi connectivity index (χ4v) is 1.23. The average Bonchev–Trinajstić information content (AvgIpc) is 2.22. The van der Waals surface area contributed by atoms with Crippen LogP contribution in [0, 0.1) is 17.1 Å². The molecule has 0 N–H and O–H groups in total. The first-order chi connectivity index (χ1) is 7.08. The second-order valence-electron chi connectivity index (χ2n) is 2.79. The van der Waals surface area contributed by atoms with Gasteiger partial charge in [-0.1, -0.05) is 11.6 Å². The SMILES string of the molecule is COC(=O)Cc1cc(F)c(Cl)cc1C#N. The molecule has 0 aliphatic rings. The van der Waals surface area contributed by atoms with Crippen molar-refractivity contribution < 1.29 is 13.9 Å². The minimum Gasteiger partial charge on any atom is -0.469 e. The summed E-state index contributed by atoms with van der Waals surface area (Å²) in [5, 5.41) is 8.60. The van der Waals surface area contributed by atoms with Crippen LogP contribution in [0.2, 0.25) is 5.02 Å². The highest BCUT2D eigenvalue weighted by molar-refractivity contribution is 6.30. The Balaban J connectivity index is 3.12. The number of methoxy groups -OCH3 is 1. The van der Waals surface area contributed by atoms with Gasteiger partial charge in [-0.2, -0.15) is 5.26 Å². The van der Waals surface area contributed by atoms with Crippen LogP contribution in [-0.4, -0.2) is 13.1 Å². The van der Waals surface area contributed by atoms with E-state index in [0.717, 1.165) is 6.07 Å². The topological polar surface area (TPSA) is 50.1 Å². The highest BCUT2D eigenvalue weighted by atomic mass is 35.5. The fourth-order valence-electron chi connectivity index (χ4n) is 1.07. The van der Waals surface area contributed by atoms with Crippen molar-refractivity contribution >= 4 is 17.6 Å². The first-order valence-electron chi connectivity index (χ1n) is 4.03. The van der Waals surface area contributed by atoms with Gasteiger partial charge in [0.25, 0.3) is 0 Å². The Morgan fingerprint density at radius 3 is 2.87 bits per heavy atom. The van der Waals surface area contributed by atoms with Gasteiger partial charge < -0.3 is 4.74 Å². The van der Waals surface area contributed by atoms with Crippen LogP contribution in [0.25, 0.3) is 0 Å². The van der Waals surface area contributed by atoms with Gasteiger partial charge in [0.1, 0.15) is 5.82 Å². The quantitative estimate of drug-likeness (QED) is 0.727. The van der Waals surface area contributed by atoms with Crippen molar-refractivity contribution in [2.24, 2.45) is 0 Å². The molecule has 0 bridgehead atoms. The van der Waals surface area contributed by atoms with Crippen LogP contribution in [0.3, 0.4) is 0 Å². The molecule has 3 nitrogen and oxygen atoms in total. The fraction of sp³-hybridized carbons (Fsp3) is 0.200. The molecule has 78 valence electrons. The summed E-state index contributed by atoms with van der Waals surface area (Å²) in [6, 6.07) is 4.09. The number of esters is 1. The van der Waals surface area contributed by atoms with Gasteiger partial charge in [-0.05, 0) is 17.7 Å². The second kappa shape index (κ2) is 4.76. The molecule has 0 heterocycles. The van der Waals surface area contributed by atoms with Gasteiger partial charge in [-0.3, -0.25) is 4.79 Å². The van der Waals surface area contributed by atoms with Crippen LogP contribution in [-0.2, 0) is 16.0 Å². The largest absolute Gasteiger partial charge is 0.469 e. The van der Waals surface area contributed by atoms with Gasteiger partial charge in [0.15, 0.2) is 0 Å². The Labute approximate surface area is 91.0 Å². The zero-order valence-corrected chi connectivity index (χ0v) is 8.64. The lowest BCUT2D eigenvalue weighted by Gasteiger charge is -2.04. The number of nitriles is 1. The van der Waals surface area contributed by atoms with Crippen molar-refractivity contribution in [3.8, 4) is 6.07 Å². The number of rotatable bonds is 2. The van der Waals surface area contributed by atoms with Crippen LogP contribution in [0.4, 0.5) is 4.39 Å². The lowest BCUT2D eigenvalue weighted by Crippen LogP contribution is -2.06. The Morgan fingerprint density at radius 1 is 1.67 bits per heavy atom. The van der Waals surface area contributed by atoms with Gasteiger partial charge in [0, 0.05) is 0 Å². The third-order valence-corrected chi connectivity index (χ3v) is 2.12. The summed E-state index contributed by atoms with van der Waals surface area (Å²) in [5.74, 6) is -1.19. The van der Waals surface area contributed by atoms with Crippen molar-refractivity contribution in [1.29, 1.82) is 5.26 Å². The average molecular weight is 228 g/mol. The molecule has 0 saturated heterocycles. The summed E-state index contributed by atoms with van der Waals surface area (Å²) < 4.78 is 17.5. The smallest absolute Gasteiger partial charge is 0.310 e. The first-order valence-corrected chi connectivity index (χ1v) is 4.41. The first kappa shape index (κ1) is 11.5. The van der Waals surface area contributed by atoms with Crippen LogP contribution < -0.4 is 0 Å². The molecule has 0 aliphatic heterocycles. The van der Waals surface area contributed by atoms with Crippen molar-refractivity contribution in [1.82, 2.24) is 0 Å². The Morgan fingerprint density at radius 2 is 2.33 bits per heavy atom. The number of halogens is 2. The maximum absolute atomic E-state index is 13.1. The minimum absolute atomic E-state index is 0.139. The molecule has 0 radical (unpaired) electrons. The Bertz CT molecular complexity index is 440. The molecule has 0 atom stereocenters. The predicted octanol–water partition coefficient (Wildman–Crippen LogP) is 2.07. The maximum Gasteiger partial charge on any atom is 0.310 e. The molecular formula is C10H7ClFNO2. The van der Waals surface area contributed by atoms with Crippen LogP contribution >= 0.6 is 11.6 Å². The van der Waals surface area contributed by atoms with E-state index < -0.39 is 11.8 Å². The lowest BCUT2D eigenvalue weighted by molar-refractivity contribution is -0.139. The van der Waals surface area contributed by atoms with Gasteiger partial charge in [0.05, 0.1) is 30.2 Å². The van der Waals surface area contributed by atoms with E-state index in [-0.39, 0.29) is 22.6 Å². The van der Waals surface area contributed by atoms with Crippen molar-refractivity contribution in [2.75, 3.05) is 7.11 Å². The highest BCUT2D eigenvalue weighted by Gasteiger charge is 2.11. The van der Waals surface area contributed by atoms with E-state index >= 15 is 0 Å². The van der Waals surface area contributed by atoms with E-state index in [0.29, 0.717) is 0 Å². The van der Waals surface area contributed by atoms with Crippen molar-refractivity contribution in [2.45, 2.75) is 6.42 Å². The minimum atomic E-state index is -0.658. The molecule has 0 aromatic heterocycles. The molecular weight excluding hydrogens is 221 g/mol. The zero-order chi connectivity index (χ0) is 11.4. The van der Waals surface area contributed by atoms with E-state index in [1.54, 1.807) is 0 Å². The monoisotopic (exact) mass is 227 g/mol. The molecule has 1 aromatic carbocycles. The number of hydrogen-bond acceptors (Lipinski definition) is 3. The van der Waals surface area contributed by atoms with E-state index in [4.69, 9.17) is 16.9 Å². The molecule has 0 saturated carbocycles. The maximum atomic E-state index is 13.1. The molecule has 0 aliphatic carbocycles. The van der Waals surface area contributed by atoms with Gasteiger partial charge in [0.2, 0.25) is 0 Å². The van der Waals surface area contributed by atoms with Gasteiger partial charge >= 0.3 is 5.97 Å². The summed E-state index contributed by atoms with van der Waals surface area (Å²) in [6.45, 7) is 0. The number of nitrogens with zero attached hydrogens (tertiary/aromatic N) is 1. The van der Waals surface area contributed by atoms with Crippen molar-refractivity contribution in [3.05, 3.63) is 34.1 Å². The number of carbonyl (C=O) groups is 1. The van der Waals surface area contributed by atoms with Gasteiger partial charge in [-0.15, -0.1) is 0 Å². The van der Waals surface area contributed by atoms with Gasteiger partial charge in [-0.25, -0.2) is 4.39 Å². The third-order valence-electron chi connectivity index (χ3n) is 1.83. The molecule has 0 spiro atoms. The standard InChI is InChI=1S/C10H7ClFNO2/c1-15-10(14)4-6-3-9(12)8(11)2-7(6)5-13/h2-3H,4H2,1H3. The van der Waals surface area contributed by atoms with Crippen LogP contribution in [0.15, 0.2) is 12.1 Å². The molecule has 0 amide bonds. The summed E-state index contributed by atoms with van der Waals surface area (Å²) in [4.78, 5) is 11.0. The predicted molar refractivity (Wildman–Crippen MR) is 51.8 cm³/mol. The lowest BCUT2D eigenvalue weighted by atomic mass is 10.1. The zero-order valence-electron chi connectivity index (χ0n) is 7.88. The second-order valence-corrected chi connectivity index (χ2v) is 3.20. The molecule has 0 unspecified atom stereocenters. The summed E-state index contributed by atoms with van der Waals surface area (Å²) in [5.41, 5.74) is 0.443. The number of benzene rings is 1. The van der Waals surface area contributed by atoms with E-state index in [1.165, 1.54) is 13.2 Å². The van der Waals surface area contributed by atoms with Crippen LogP contribution in [0.1, 0.15) is 11.1 Å². The molecule has 1 rings (SSSR count). The molecule has 5 heteroatoms. The Hall–Kier alpha value is -1.60. The van der Waals surface area contributed by atoms with Crippen LogP contribution in [0.5, 0.6) is 0 Å². The molecule has 0 fully saturated rings. The number of hydrogen-bond donors (Lipinski definition) is 0. The summed E-state index contributed by atoms with van der Waals surface area (Å²) >= 11 is 5.49. The third kappa shape index (κ3) is 2.67. The number of carbonyl (C=O) groups excluding carboxylic acids is 1. The highest BCUT2D eigenvalue weighted by Crippen LogP contribution is 2.20. The van der Waals surface area contributed by atoms with E-state index in [9.17, 15) is 9.18 Å². The normalized spacial score (nSPS) is 9.47. The van der Waals surface area contributed by atoms with E-state index in [1.807, 2.05) is 6.07 Å². The van der Waals surface area contributed by atoms with Crippen molar-refractivity contribution in [3.63, 3.8) is 0 Å². The summed E-state index contributed by atoms with van der Waals surface area (Å²) in [7, 11) is 1.22. The molecule has 15 heavy (non-hydrogen) atoms. The molecule has 1 aromatic rings.